The highest BCUT2D eigenvalue weighted by atomic mass is 32.2. The Labute approximate surface area is 97.0 Å². The highest BCUT2D eigenvalue weighted by Crippen LogP contribution is 2.37. The summed E-state index contributed by atoms with van der Waals surface area (Å²) in [6.45, 7) is 0. The zero-order valence-electron chi connectivity index (χ0n) is 8.35. The van der Waals surface area contributed by atoms with E-state index >= 15 is 0 Å². The molecule has 0 radical (unpaired) electrons. The molecule has 3 N–H and O–H groups in total. The van der Waals surface area contributed by atoms with Crippen LogP contribution < -0.4 is 4.74 Å². The van der Waals surface area contributed by atoms with Gasteiger partial charge < -0.3 is 9.84 Å². The smallest absolute Gasteiger partial charge is 0.302 e. The maximum absolute atomic E-state index is 11.0. The van der Waals surface area contributed by atoms with Crippen LogP contribution in [-0.4, -0.2) is 38.2 Å². The molecule has 0 aliphatic carbocycles. The van der Waals surface area contributed by atoms with Crippen LogP contribution in [-0.2, 0) is 20.2 Å². The molecule has 1 rings (SSSR count). The van der Waals surface area contributed by atoms with Crippen LogP contribution in [0.2, 0.25) is 0 Å². The molecule has 1 aromatic carbocycles. The summed E-state index contributed by atoms with van der Waals surface area (Å²) >= 11 is 0. The van der Waals surface area contributed by atoms with Crippen LogP contribution in [0.15, 0.2) is 21.9 Å². The van der Waals surface area contributed by atoms with Gasteiger partial charge in [0.15, 0.2) is 10.6 Å². The van der Waals surface area contributed by atoms with Crippen LogP contribution >= 0.6 is 0 Å². The third-order valence-electron chi connectivity index (χ3n) is 1.81. The summed E-state index contributed by atoms with van der Waals surface area (Å²) in [5.41, 5.74) is 0. The van der Waals surface area contributed by atoms with E-state index < -0.39 is 41.5 Å². The molecular weight excluding hydrogens is 276 g/mol. The molecule has 0 saturated carbocycles. The van der Waals surface area contributed by atoms with Crippen molar-refractivity contribution in [3.63, 3.8) is 0 Å². The summed E-state index contributed by atoms with van der Waals surface area (Å²) in [5.74, 6) is -1.77. The van der Waals surface area contributed by atoms with E-state index in [2.05, 4.69) is 4.74 Å². The Morgan fingerprint density at radius 1 is 1.06 bits per heavy atom. The number of rotatable bonds is 3. The van der Waals surface area contributed by atoms with Gasteiger partial charge in [-0.05, 0) is 12.1 Å². The minimum atomic E-state index is -4.91. The number of methoxy groups -OCH3 is 1. The van der Waals surface area contributed by atoms with Gasteiger partial charge in [-0.25, -0.2) is 0 Å². The van der Waals surface area contributed by atoms with Gasteiger partial charge in [-0.2, -0.15) is 16.8 Å². The molecule has 0 bridgehead atoms. The van der Waals surface area contributed by atoms with Crippen molar-refractivity contribution in [3.8, 4) is 11.5 Å². The molecule has 8 nitrogen and oxygen atoms in total. The highest BCUT2D eigenvalue weighted by Gasteiger charge is 2.28. The molecule has 0 amide bonds. The van der Waals surface area contributed by atoms with E-state index in [1.165, 1.54) is 0 Å². The van der Waals surface area contributed by atoms with Crippen LogP contribution in [0.3, 0.4) is 0 Å². The van der Waals surface area contributed by atoms with Crippen LogP contribution in [0.5, 0.6) is 11.5 Å². The molecule has 0 aliphatic heterocycles. The highest BCUT2D eigenvalue weighted by molar-refractivity contribution is 7.87. The van der Waals surface area contributed by atoms with Crippen molar-refractivity contribution in [1.29, 1.82) is 0 Å². The second-order valence-electron chi connectivity index (χ2n) is 2.89. The molecule has 0 heterocycles. The average Bonchev–Trinajstić information content (AvgIpc) is 2.12. The van der Waals surface area contributed by atoms with Crippen molar-refractivity contribution in [2.45, 2.75) is 9.79 Å². The largest absolute Gasteiger partial charge is 0.505 e. The fourth-order valence-electron chi connectivity index (χ4n) is 1.15. The minimum absolute atomic E-state index is 0.461. The first-order chi connectivity index (χ1) is 7.59. The molecule has 0 fully saturated rings. The molecule has 0 spiro atoms. The van der Waals surface area contributed by atoms with Crippen molar-refractivity contribution in [1.82, 2.24) is 0 Å². The summed E-state index contributed by atoms with van der Waals surface area (Å²) in [6, 6.07) is 1.60. The van der Waals surface area contributed by atoms with Crippen LogP contribution in [0, 0.1) is 0 Å². The van der Waals surface area contributed by atoms with E-state index in [4.69, 9.17) is 9.11 Å². The van der Waals surface area contributed by atoms with Crippen LogP contribution in [0.1, 0.15) is 0 Å². The number of aromatic hydroxyl groups is 1. The molecular formula is C7H8O8S2. The topological polar surface area (TPSA) is 138 Å². The van der Waals surface area contributed by atoms with Crippen molar-refractivity contribution in [2.75, 3.05) is 7.11 Å². The van der Waals surface area contributed by atoms with E-state index in [1.807, 2.05) is 0 Å². The first-order valence-corrected chi connectivity index (χ1v) is 6.82. The number of ether oxygens (including phenoxy) is 1. The SMILES string of the molecule is COc1ccc(S(=O)(=O)O)c(O)c1S(=O)(=O)O. The van der Waals surface area contributed by atoms with Gasteiger partial charge in [0.25, 0.3) is 10.1 Å². The first-order valence-electron chi connectivity index (χ1n) is 3.94. The Hall–Kier alpha value is -1.36. The average molecular weight is 284 g/mol. The maximum Gasteiger partial charge on any atom is 0.302 e. The summed E-state index contributed by atoms with van der Waals surface area (Å²) in [7, 11) is -8.68. The van der Waals surface area contributed by atoms with Gasteiger partial charge in [0.05, 0.1) is 7.11 Å². The lowest BCUT2D eigenvalue weighted by Gasteiger charge is -2.09. The van der Waals surface area contributed by atoms with Crippen molar-refractivity contribution in [3.05, 3.63) is 12.1 Å². The van der Waals surface area contributed by atoms with E-state index in [-0.39, 0.29) is 0 Å². The number of hydrogen-bond donors (Lipinski definition) is 3. The molecule has 0 unspecified atom stereocenters. The zero-order valence-corrected chi connectivity index (χ0v) is 9.99. The van der Waals surface area contributed by atoms with Crippen molar-refractivity contribution >= 4 is 20.2 Å². The summed E-state index contributed by atoms with van der Waals surface area (Å²) in [6.07, 6.45) is 0. The number of phenolic OH excluding ortho intramolecular Hbond substituents is 1. The van der Waals surface area contributed by atoms with Crippen molar-refractivity contribution < 1.29 is 35.8 Å². The summed E-state index contributed by atoms with van der Waals surface area (Å²) < 4.78 is 65.6. The number of benzene rings is 1. The van der Waals surface area contributed by atoms with Crippen LogP contribution in [0.25, 0.3) is 0 Å². The van der Waals surface area contributed by atoms with E-state index in [9.17, 15) is 21.9 Å². The fourth-order valence-corrected chi connectivity index (χ4v) is 2.56. The molecule has 10 heteroatoms. The Morgan fingerprint density at radius 2 is 1.59 bits per heavy atom. The van der Waals surface area contributed by atoms with Gasteiger partial charge in [-0.15, -0.1) is 0 Å². The quantitative estimate of drug-likeness (QED) is 0.654. The van der Waals surface area contributed by atoms with Gasteiger partial charge >= 0.3 is 10.1 Å². The van der Waals surface area contributed by atoms with Gasteiger partial charge in [0, 0.05) is 0 Å². The predicted molar refractivity (Wildman–Crippen MR) is 54.3 cm³/mol. The molecule has 1 aromatic rings. The molecule has 17 heavy (non-hydrogen) atoms. The Morgan fingerprint density at radius 3 is 1.94 bits per heavy atom. The van der Waals surface area contributed by atoms with E-state index in [1.54, 1.807) is 0 Å². The minimum Gasteiger partial charge on any atom is -0.505 e. The van der Waals surface area contributed by atoms with Gasteiger partial charge in [0.1, 0.15) is 10.6 Å². The van der Waals surface area contributed by atoms with Crippen molar-refractivity contribution in [2.24, 2.45) is 0 Å². The number of hydrogen-bond acceptors (Lipinski definition) is 6. The lowest BCUT2D eigenvalue weighted by atomic mass is 10.3. The lowest BCUT2D eigenvalue weighted by Crippen LogP contribution is -2.06. The van der Waals surface area contributed by atoms with Gasteiger partial charge in [-0.3, -0.25) is 9.11 Å². The number of phenols is 1. The maximum atomic E-state index is 11.0. The van der Waals surface area contributed by atoms with Gasteiger partial charge in [0.2, 0.25) is 0 Å². The normalized spacial score (nSPS) is 12.4. The predicted octanol–water partition coefficient (Wildman–Crippen LogP) is -0.106. The van der Waals surface area contributed by atoms with Gasteiger partial charge in [-0.1, -0.05) is 0 Å². The third kappa shape index (κ3) is 2.66. The first kappa shape index (κ1) is 13.7. The monoisotopic (exact) mass is 284 g/mol. The summed E-state index contributed by atoms with van der Waals surface area (Å²) in [5, 5.41) is 9.41. The molecule has 0 atom stereocenters. The molecule has 0 aromatic heterocycles. The van der Waals surface area contributed by atoms with E-state index in [0.717, 1.165) is 19.2 Å². The Kier molecular flexibility index (Phi) is 3.34. The van der Waals surface area contributed by atoms with E-state index in [0.29, 0.717) is 0 Å². The second kappa shape index (κ2) is 4.14. The zero-order chi connectivity index (χ0) is 13.4. The Balaban J connectivity index is 3.80. The van der Waals surface area contributed by atoms with Crippen LogP contribution in [0.4, 0.5) is 0 Å². The third-order valence-corrected chi connectivity index (χ3v) is 3.61. The lowest BCUT2D eigenvalue weighted by molar-refractivity contribution is 0.375. The molecule has 0 aliphatic rings. The summed E-state index contributed by atoms with van der Waals surface area (Å²) in [4.78, 5) is -2.18. The molecule has 0 saturated heterocycles. The second-order valence-corrected chi connectivity index (χ2v) is 5.64. The molecule has 96 valence electrons. The fraction of sp³-hybridized carbons (Fsp3) is 0.143. The Bertz CT molecular complexity index is 643. The standard InChI is InChI=1S/C7H8O8S2/c1-15-4-2-3-5(16(9,10)11)6(8)7(4)17(12,13)14/h2-3,8H,1H3,(H,9,10,11)(H,12,13,14).